The molecule has 0 saturated carbocycles. The number of carbonyl (C=O) groups is 1. The second-order valence-corrected chi connectivity index (χ2v) is 6.03. The van der Waals surface area contributed by atoms with E-state index in [9.17, 15) is 4.79 Å². The molecular formula is C18H21BrN2O2. The van der Waals surface area contributed by atoms with E-state index in [1.165, 1.54) is 0 Å². The third-order valence-corrected chi connectivity index (χ3v) is 3.94. The Labute approximate surface area is 145 Å². The lowest BCUT2D eigenvalue weighted by Crippen LogP contribution is -2.18. The Balaban J connectivity index is 2.10. The van der Waals surface area contributed by atoms with Crippen LogP contribution in [0.25, 0.3) is 0 Å². The van der Waals surface area contributed by atoms with Crippen LogP contribution in [-0.4, -0.2) is 19.6 Å². The van der Waals surface area contributed by atoms with Gasteiger partial charge in [-0.1, -0.05) is 41.1 Å². The van der Waals surface area contributed by atoms with E-state index < -0.39 is 0 Å². The molecule has 2 N–H and O–H groups in total. The van der Waals surface area contributed by atoms with E-state index in [1.54, 1.807) is 7.11 Å². The van der Waals surface area contributed by atoms with E-state index in [4.69, 9.17) is 4.74 Å². The smallest absolute Gasteiger partial charge is 0.228 e. The molecular weight excluding hydrogens is 356 g/mol. The van der Waals surface area contributed by atoms with Crippen LogP contribution in [0, 0.1) is 0 Å². The van der Waals surface area contributed by atoms with Gasteiger partial charge in [-0.25, -0.2) is 0 Å². The summed E-state index contributed by atoms with van der Waals surface area (Å²) in [7, 11) is 1.61. The average Bonchev–Trinajstić information content (AvgIpc) is 2.54. The standard InChI is InChI=1S/C18H21BrN2O2/c1-3-20-12-13-6-4-5-7-16(13)21-18(22)11-14-10-15(19)8-9-17(14)23-2/h4-10,20H,3,11-12H2,1-2H3,(H,21,22). The number of hydrogen-bond acceptors (Lipinski definition) is 3. The van der Waals surface area contributed by atoms with Gasteiger partial charge in [-0.05, 0) is 36.4 Å². The van der Waals surface area contributed by atoms with Crippen molar-refractivity contribution in [1.29, 1.82) is 0 Å². The number of anilines is 1. The number of halogens is 1. The largest absolute Gasteiger partial charge is 0.496 e. The van der Waals surface area contributed by atoms with Crippen LogP contribution in [0.3, 0.4) is 0 Å². The van der Waals surface area contributed by atoms with Gasteiger partial charge >= 0.3 is 0 Å². The maximum absolute atomic E-state index is 12.4. The first-order valence-corrected chi connectivity index (χ1v) is 8.34. The predicted octanol–water partition coefficient (Wildman–Crippen LogP) is 3.75. The molecule has 2 aromatic carbocycles. The first kappa shape index (κ1) is 17.5. The summed E-state index contributed by atoms with van der Waals surface area (Å²) < 4.78 is 6.24. The molecule has 2 rings (SSSR count). The fourth-order valence-corrected chi connectivity index (χ4v) is 2.72. The molecule has 0 aliphatic carbocycles. The number of benzene rings is 2. The van der Waals surface area contributed by atoms with Gasteiger partial charge in [-0.3, -0.25) is 4.79 Å². The Kier molecular flexibility index (Phi) is 6.62. The minimum absolute atomic E-state index is 0.0645. The number of carbonyl (C=O) groups excluding carboxylic acids is 1. The molecule has 5 heteroatoms. The van der Waals surface area contributed by atoms with Gasteiger partial charge in [0.1, 0.15) is 5.75 Å². The van der Waals surface area contributed by atoms with Gasteiger partial charge in [-0.15, -0.1) is 0 Å². The van der Waals surface area contributed by atoms with Gasteiger partial charge in [0.2, 0.25) is 5.91 Å². The number of hydrogen-bond donors (Lipinski definition) is 2. The van der Waals surface area contributed by atoms with Gasteiger partial charge in [0.25, 0.3) is 0 Å². The van der Waals surface area contributed by atoms with Crippen molar-refractivity contribution in [3.8, 4) is 5.75 Å². The van der Waals surface area contributed by atoms with Crippen molar-refractivity contribution in [1.82, 2.24) is 5.32 Å². The molecule has 0 heterocycles. The highest BCUT2D eigenvalue weighted by atomic mass is 79.9. The van der Waals surface area contributed by atoms with E-state index in [-0.39, 0.29) is 12.3 Å². The van der Waals surface area contributed by atoms with Gasteiger partial charge in [0, 0.05) is 22.3 Å². The Morgan fingerprint density at radius 2 is 1.96 bits per heavy atom. The molecule has 0 aliphatic heterocycles. The molecule has 2 aromatic rings. The zero-order chi connectivity index (χ0) is 16.7. The molecule has 23 heavy (non-hydrogen) atoms. The van der Waals surface area contributed by atoms with Crippen LogP contribution in [0.1, 0.15) is 18.1 Å². The highest BCUT2D eigenvalue weighted by Gasteiger charge is 2.11. The van der Waals surface area contributed by atoms with E-state index in [1.807, 2.05) is 42.5 Å². The first-order chi connectivity index (χ1) is 11.1. The lowest BCUT2D eigenvalue weighted by atomic mass is 10.1. The normalized spacial score (nSPS) is 10.4. The summed E-state index contributed by atoms with van der Waals surface area (Å²) in [6, 6.07) is 13.5. The molecule has 1 amide bonds. The Morgan fingerprint density at radius 1 is 1.17 bits per heavy atom. The van der Waals surface area contributed by atoms with Crippen molar-refractivity contribution in [3.05, 3.63) is 58.1 Å². The zero-order valence-corrected chi connectivity index (χ0v) is 14.9. The molecule has 122 valence electrons. The van der Waals surface area contributed by atoms with Crippen molar-refractivity contribution in [2.45, 2.75) is 19.9 Å². The average molecular weight is 377 g/mol. The summed E-state index contributed by atoms with van der Waals surface area (Å²) in [6.07, 6.45) is 0.262. The van der Waals surface area contributed by atoms with Crippen LogP contribution in [0.4, 0.5) is 5.69 Å². The van der Waals surface area contributed by atoms with Crippen LogP contribution in [-0.2, 0) is 17.8 Å². The summed E-state index contributed by atoms with van der Waals surface area (Å²) in [5.74, 6) is 0.648. The van der Waals surface area contributed by atoms with Crippen molar-refractivity contribution in [2.24, 2.45) is 0 Å². The van der Waals surface area contributed by atoms with Crippen molar-refractivity contribution in [3.63, 3.8) is 0 Å². The zero-order valence-electron chi connectivity index (χ0n) is 13.4. The number of para-hydroxylation sites is 1. The Morgan fingerprint density at radius 3 is 2.70 bits per heavy atom. The maximum atomic E-state index is 12.4. The monoisotopic (exact) mass is 376 g/mol. The quantitative estimate of drug-likeness (QED) is 0.773. The lowest BCUT2D eigenvalue weighted by molar-refractivity contribution is -0.115. The fourth-order valence-electron chi connectivity index (χ4n) is 2.31. The Hall–Kier alpha value is -1.85. The third-order valence-electron chi connectivity index (χ3n) is 3.45. The van der Waals surface area contributed by atoms with Crippen LogP contribution in [0.5, 0.6) is 5.75 Å². The predicted molar refractivity (Wildman–Crippen MR) is 96.9 cm³/mol. The van der Waals surface area contributed by atoms with Gasteiger partial charge in [0.05, 0.1) is 13.5 Å². The number of amides is 1. The summed E-state index contributed by atoms with van der Waals surface area (Å²) in [5.41, 5.74) is 2.76. The molecule has 0 saturated heterocycles. The molecule has 4 nitrogen and oxygen atoms in total. The van der Waals surface area contributed by atoms with Crippen LogP contribution >= 0.6 is 15.9 Å². The maximum Gasteiger partial charge on any atom is 0.228 e. The summed E-state index contributed by atoms with van der Waals surface area (Å²) in [4.78, 5) is 12.4. The third kappa shape index (κ3) is 5.08. The van der Waals surface area contributed by atoms with Crippen LogP contribution in [0.15, 0.2) is 46.9 Å². The molecule has 0 aliphatic rings. The number of rotatable bonds is 7. The second-order valence-electron chi connectivity index (χ2n) is 5.12. The highest BCUT2D eigenvalue weighted by molar-refractivity contribution is 9.10. The minimum Gasteiger partial charge on any atom is -0.496 e. The van der Waals surface area contributed by atoms with Crippen molar-refractivity contribution < 1.29 is 9.53 Å². The molecule has 0 unspecified atom stereocenters. The number of methoxy groups -OCH3 is 1. The summed E-state index contributed by atoms with van der Waals surface area (Å²) >= 11 is 3.43. The number of ether oxygens (including phenoxy) is 1. The van der Waals surface area contributed by atoms with Crippen LogP contribution < -0.4 is 15.4 Å². The molecule has 0 fully saturated rings. The SMILES string of the molecule is CCNCc1ccccc1NC(=O)Cc1cc(Br)ccc1OC. The molecule has 0 spiro atoms. The van der Waals surface area contributed by atoms with Crippen LogP contribution in [0.2, 0.25) is 0 Å². The minimum atomic E-state index is -0.0645. The highest BCUT2D eigenvalue weighted by Crippen LogP contribution is 2.24. The lowest BCUT2D eigenvalue weighted by Gasteiger charge is -2.13. The molecule has 0 bridgehead atoms. The van der Waals surface area contributed by atoms with E-state index in [0.717, 1.165) is 34.4 Å². The van der Waals surface area contributed by atoms with Crippen molar-refractivity contribution in [2.75, 3.05) is 19.0 Å². The molecule has 0 radical (unpaired) electrons. The Bertz CT molecular complexity index is 674. The van der Waals surface area contributed by atoms with Gasteiger partial charge < -0.3 is 15.4 Å². The second kappa shape index (κ2) is 8.70. The first-order valence-electron chi connectivity index (χ1n) is 7.55. The topological polar surface area (TPSA) is 50.4 Å². The summed E-state index contributed by atoms with van der Waals surface area (Å²) in [6.45, 7) is 3.67. The number of nitrogens with one attached hydrogen (secondary N) is 2. The van der Waals surface area contributed by atoms with E-state index >= 15 is 0 Å². The fraction of sp³-hybridized carbons (Fsp3) is 0.278. The molecule has 0 aromatic heterocycles. The molecule has 0 atom stereocenters. The summed E-state index contributed by atoms with van der Waals surface area (Å²) in [5, 5.41) is 6.26. The van der Waals surface area contributed by atoms with Gasteiger partial charge in [0.15, 0.2) is 0 Å². The van der Waals surface area contributed by atoms with E-state index in [2.05, 4.69) is 33.5 Å². The van der Waals surface area contributed by atoms with E-state index in [0.29, 0.717) is 5.75 Å². The van der Waals surface area contributed by atoms with Gasteiger partial charge in [-0.2, -0.15) is 0 Å². The van der Waals surface area contributed by atoms with Crippen molar-refractivity contribution >= 4 is 27.5 Å².